The molecule has 1 N–H and O–H groups in total. The molecule has 0 saturated heterocycles. The van der Waals surface area contributed by atoms with E-state index in [4.69, 9.17) is 0 Å². The average Bonchev–Trinajstić information content (AvgIpc) is 2.59. The molecule has 1 rings (SSSR count). The van der Waals surface area contributed by atoms with E-state index in [-0.39, 0.29) is 17.2 Å². The van der Waals surface area contributed by atoms with E-state index in [1.807, 2.05) is 0 Å². The predicted molar refractivity (Wildman–Crippen MR) is 90.3 cm³/mol. The van der Waals surface area contributed by atoms with Crippen molar-refractivity contribution in [2.75, 3.05) is 33.1 Å². The van der Waals surface area contributed by atoms with E-state index >= 15 is 0 Å². The number of methoxy groups -OCH3 is 2. The van der Waals surface area contributed by atoms with Gasteiger partial charge in [-0.2, -0.15) is 0 Å². The van der Waals surface area contributed by atoms with E-state index < -0.39 is 11.9 Å². The van der Waals surface area contributed by atoms with E-state index in [9.17, 15) is 14.4 Å². The van der Waals surface area contributed by atoms with Gasteiger partial charge in [0.05, 0.1) is 25.3 Å². The Bertz CT molecular complexity index is 566. The van der Waals surface area contributed by atoms with Crippen molar-refractivity contribution in [2.24, 2.45) is 0 Å². The predicted octanol–water partition coefficient (Wildman–Crippen LogP) is 2.91. The van der Waals surface area contributed by atoms with Gasteiger partial charge in [-0.05, 0) is 24.6 Å². The van der Waals surface area contributed by atoms with Gasteiger partial charge in [0.2, 0.25) is 0 Å². The summed E-state index contributed by atoms with van der Waals surface area (Å²) in [5, 5.41) is 2.68. The molecule has 0 unspecified atom stereocenters. The zero-order valence-corrected chi connectivity index (χ0v) is 14.5. The number of carbonyl (C=O) groups excluding carboxylic acids is 3. The maximum atomic E-state index is 12.2. The molecule has 1 aromatic rings. The van der Waals surface area contributed by atoms with Crippen LogP contribution in [0, 0.1) is 0 Å². The minimum Gasteiger partial charge on any atom is -0.465 e. The summed E-state index contributed by atoms with van der Waals surface area (Å²) in [7, 11) is 4.18. The topological polar surface area (TPSA) is 84.9 Å². The summed E-state index contributed by atoms with van der Waals surface area (Å²) in [5.41, 5.74) is 0.638. The van der Waals surface area contributed by atoms with Gasteiger partial charge in [-0.25, -0.2) is 14.4 Å². The summed E-state index contributed by atoms with van der Waals surface area (Å²) in [6, 6.07) is 3.95. The first-order valence-electron chi connectivity index (χ1n) is 7.76. The summed E-state index contributed by atoms with van der Waals surface area (Å²) in [5.74, 6) is -1.21. The molecular weight excluding hydrogens is 312 g/mol. The highest BCUT2D eigenvalue weighted by Gasteiger charge is 2.16. The minimum atomic E-state index is -0.604. The fourth-order valence-electron chi connectivity index (χ4n) is 2.09. The monoisotopic (exact) mass is 336 g/mol. The van der Waals surface area contributed by atoms with Gasteiger partial charge >= 0.3 is 18.0 Å². The Labute approximate surface area is 141 Å². The van der Waals surface area contributed by atoms with Crippen molar-refractivity contribution in [1.82, 2.24) is 4.90 Å². The van der Waals surface area contributed by atoms with Crippen LogP contribution in [-0.2, 0) is 9.47 Å². The van der Waals surface area contributed by atoms with Crippen LogP contribution >= 0.6 is 0 Å². The van der Waals surface area contributed by atoms with Crippen LogP contribution in [0.5, 0.6) is 0 Å². The quantitative estimate of drug-likeness (QED) is 0.611. The number of anilines is 1. The van der Waals surface area contributed by atoms with Crippen molar-refractivity contribution < 1.29 is 23.9 Å². The number of hydrogen-bond donors (Lipinski definition) is 1. The van der Waals surface area contributed by atoms with Gasteiger partial charge in [0, 0.05) is 19.3 Å². The first kappa shape index (κ1) is 19.5. The van der Waals surface area contributed by atoms with Crippen LogP contribution in [0.3, 0.4) is 0 Å². The summed E-state index contributed by atoms with van der Waals surface area (Å²) in [6.07, 6.45) is 3.02. The second-order valence-electron chi connectivity index (χ2n) is 5.34. The van der Waals surface area contributed by atoms with Gasteiger partial charge in [0.1, 0.15) is 0 Å². The molecule has 2 amide bonds. The van der Waals surface area contributed by atoms with E-state index in [0.29, 0.717) is 12.2 Å². The minimum absolute atomic E-state index is 0.157. The average molecular weight is 336 g/mol. The molecule has 7 heteroatoms. The normalized spacial score (nSPS) is 10.0. The molecule has 7 nitrogen and oxygen atoms in total. The van der Waals surface area contributed by atoms with Crippen LogP contribution in [0.4, 0.5) is 10.5 Å². The maximum Gasteiger partial charge on any atom is 0.337 e. The third-order valence-corrected chi connectivity index (χ3v) is 3.47. The summed E-state index contributed by atoms with van der Waals surface area (Å²) in [6.45, 7) is 2.72. The highest BCUT2D eigenvalue weighted by molar-refractivity contribution is 5.99. The lowest BCUT2D eigenvalue weighted by atomic mass is 10.1. The Morgan fingerprint density at radius 3 is 2.00 bits per heavy atom. The number of nitrogens with one attached hydrogen (secondary N) is 1. The van der Waals surface area contributed by atoms with Crippen LogP contribution in [-0.4, -0.2) is 50.7 Å². The number of ether oxygens (including phenoxy) is 2. The number of hydrogen-bond acceptors (Lipinski definition) is 5. The molecule has 0 aliphatic carbocycles. The Morgan fingerprint density at radius 2 is 1.54 bits per heavy atom. The van der Waals surface area contributed by atoms with Gasteiger partial charge in [0.15, 0.2) is 0 Å². The van der Waals surface area contributed by atoms with E-state index in [1.54, 1.807) is 11.9 Å². The summed E-state index contributed by atoms with van der Waals surface area (Å²) in [4.78, 5) is 37.2. The van der Waals surface area contributed by atoms with E-state index in [2.05, 4.69) is 21.7 Å². The van der Waals surface area contributed by atoms with Gasteiger partial charge in [-0.3, -0.25) is 0 Å². The molecule has 0 aliphatic rings. The Kier molecular flexibility index (Phi) is 7.74. The lowest BCUT2D eigenvalue weighted by Crippen LogP contribution is -2.32. The van der Waals surface area contributed by atoms with Crippen molar-refractivity contribution in [2.45, 2.75) is 26.2 Å². The number of benzene rings is 1. The molecule has 0 aliphatic heterocycles. The summed E-state index contributed by atoms with van der Waals surface area (Å²) >= 11 is 0. The van der Waals surface area contributed by atoms with Crippen molar-refractivity contribution in [1.29, 1.82) is 0 Å². The molecule has 0 radical (unpaired) electrons. The second kappa shape index (κ2) is 9.54. The molecule has 0 saturated carbocycles. The molecule has 1 aromatic carbocycles. The number of carbonyl (C=O) groups is 3. The smallest absolute Gasteiger partial charge is 0.337 e. The highest BCUT2D eigenvalue weighted by Crippen LogP contribution is 2.17. The van der Waals surface area contributed by atoms with Crippen LogP contribution in [0.25, 0.3) is 0 Å². The van der Waals surface area contributed by atoms with Crippen LogP contribution in [0.1, 0.15) is 46.9 Å². The molecule has 0 atom stereocenters. The lowest BCUT2D eigenvalue weighted by molar-refractivity contribution is 0.0599. The number of unbranched alkanes of at least 4 members (excludes halogenated alkanes) is 2. The molecule has 0 aromatic heterocycles. The molecule has 132 valence electrons. The largest absolute Gasteiger partial charge is 0.465 e. The summed E-state index contributed by atoms with van der Waals surface area (Å²) < 4.78 is 9.33. The third-order valence-electron chi connectivity index (χ3n) is 3.47. The first-order valence-corrected chi connectivity index (χ1v) is 7.76. The van der Waals surface area contributed by atoms with Crippen molar-refractivity contribution in [3.8, 4) is 0 Å². The van der Waals surface area contributed by atoms with Gasteiger partial charge < -0.3 is 19.7 Å². The number of amides is 2. The molecule has 24 heavy (non-hydrogen) atoms. The van der Waals surface area contributed by atoms with Crippen molar-refractivity contribution in [3.63, 3.8) is 0 Å². The SMILES string of the molecule is CCCCCN(C)C(=O)Nc1cc(C(=O)OC)cc(C(=O)OC)c1. The number of nitrogens with zero attached hydrogens (tertiary/aromatic N) is 1. The molecule has 0 bridgehead atoms. The van der Waals surface area contributed by atoms with Gasteiger partial charge in [-0.1, -0.05) is 19.8 Å². The van der Waals surface area contributed by atoms with E-state index in [1.165, 1.54) is 32.4 Å². The Hall–Kier alpha value is -2.57. The standard InChI is InChI=1S/C17H24N2O5/c1-5-6-7-8-19(2)17(22)18-14-10-12(15(20)23-3)9-13(11-14)16(21)24-4/h9-11H,5-8H2,1-4H3,(H,18,22). The third kappa shape index (κ3) is 5.57. The van der Waals surface area contributed by atoms with E-state index in [0.717, 1.165) is 19.3 Å². The van der Waals surface area contributed by atoms with Gasteiger partial charge in [0.25, 0.3) is 0 Å². The lowest BCUT2D eigenvalue weighted by Gasteiger charge is -2.18. The van der Waals surface area contributed by atoms with Crippen molar-refractivity contribution >= 4 is 23.7 Å². The van der Waals surface area contributed by atoms with Crippen LogP contribution in [0.15, 0.2) is 18.2 Å². The Balaban J connectivity index is 2.94. The second-order valence-corrected chi connectivity index (χ2v) is 5.34. The van der Waals surface area contributed by atoms with Gasteiger partial charge in [-0.15, -0.1) is 0 Å². The number of esters is 2. The highest BCUT2D eigenvalue weighted by atomic mass is 16.5. The molecule has 0 spiro atoms. The fraction of sp³-hybridized carbons (Fsp3) is 0.471. The van der Waals surface area contributed by atoms with Crippen molar-refractivity contribution in [3.05, 3.63) is 29.3 Å². The Morgan fingerprint density at radius 1 is 1.00 bits per heavy atom. The number of urea groups is 1. The first-order chi connectivity index (χ1) is 11.4. The zero-order chi connectivity index (χ0) is 18.1. The molecule has 0 fully saturated rings. The molecule has 0 heterocycles. The fourth-order valence-corrected chi connectivity index (χ4v) is 2.09. The molecular formula is C17H24N2O5. The zero-order valence-electron chi connectivity index (χ0n) is 14.5. The maximum absolute atomic E-state index is 12.2. The van der Waals surface area contributed by atoms with Crippen LogP contribution < -0.4 is 5.32 Å². The number of rotatable bonds is 7. The van der Waals surface area contributed by atoms with Crippen LogP contribution in [0.2, 0.25) is 0 Å².